The molecule has 2 heterocycles. The monoisotopic (exact) mass is 370 g/mol. The SMILES string of the molecule is CCOC(=O)C(CCCCn1cnc2c1C(O)CN=CN2)c1ccccc1. The molecule has 1 aromatic carbocycles. The average molecular weight is 370 g/mol. The summed E-state index contributed by atoms with van der Waals surface area (Å²) in [7, 11) is 0. The fourth-order valence-electron chi connectivity index (χ4n) is 3.36. The number of aryl methyl sites for hydroxylation is 1. The minimum Gasteiger partial charge on any atom is -0.466 e. The molecule has 0 fully saturated rings. The third kappa shape index (κ3) is 4.74. The van der Waals surface area contributed by atoms with E-state index in [-0.39, 0.29) is 11.9 Å². The normalized spacial score (nSPS) is 16.9. The van der Waals surface area contributed by atoms with E-state index in [4.69, 9.17) is 4.74 Å². The fraction of sp³-hybridized carbons (Fsp3) is 0.450. The molecule has 2 N–H and O–H groups in total. The van der Waals surface area contributed by atoms with Crippen LogP contribution in [0.25, 0.3) is 0 Å². The zero-order valence-corrected chi connectivity index (χ0v) is 15.5. The summed E-state index contributed by atoms with van der Waals surface area (Å²) >= 11 is 0. The van der Waals surface area contributed by atoms with Gasteiger partial charge in [0.25, 0.3) is 0 Å². The summed E-state index contributed by atoms with van der Waals surface area (Å²) < 4.78 is 7.22. The van der Waals surface area contributed by atoms with Gasteiger partial charge in [-0.3, -0.25) is 9.79 Å². The van der Waals surface area contributed by atoms with Crippen molar-refractivity contribution in [3.8, 4) is 0 Å². The van der Waals surface area contributed by atoms with Crippen molar-refractivity contribution in [2.45, 2.75) is 44.8 Å². The van der Waals surface area contributed by atoms with E-state index in [2.05, 4.69) is 15.3 Å². The lowest BCUT2D eigenvalue weighted by molar-refractivity contribution is -0.145. The molecular formula is C20H26N4O3. The van der Waals surface area contributed by atoms with Crippen LogP contribution in [0.3, 0.4) is 0 Å². The second kappa shape index (κ2) is 9.32. The lowest BCUT2D eigenvalue weighted by atomic mass is 9.93. The van der Waals surface area contributed by atoms with E-state index < -0.39 is 6.10 Å². The number of nitrogens with one attached hydrogen (secondary N) is 1. The van der Waals surface area contributed by atoms with Crippen molar-refractivity contribution in [1.82, 2.24) is 9.55 Å². The Morgan fingerprint density at radius 2 is 2.19 bits per heavy atom. The second-order valence-electron chi connectivity index (χ2n) is 6.54. The molecule has 0 spiro atoms. The number of aliphatic imine (C=N–C) groups is 1. The van der Waals surface area contributed by atoms with E-state index in [0.717, 1.165) is 37.1 Å². The first-order chi connectivity index (χ1) is 13.2. The molecule has 27 heavy (non-hydrogen) atoms. The topological polar surface area (TPSA) is 88.7 Å². The number of carbonyl (C=O) groups is 1. The Morgan fingerprint density at radius 1 is 1.37 bits per heavy atom. The number of nitrogens with zero attached hydrogens (tertiary/aromatic N) is 3. The van der Waals surface area contributed by atoms with Gasteiger partial charge in [0.2, 0.25) is 0 Å². The van der Waals surface area contributed by atoms with Gasteiger partial charge in [0.05, 0.1) is 37.4 Å². The van der Waals surface area contributed by atoms with Gasteiger partial charge in [0.1, 0.15) is 6.10 Å². The summed E-state index contributed by atoms with van der Waals surface area (Å²) in [5, 5.41) is 13.3. The molecule has 1 aromatic heterocycles. The first-order valence-electron chi connectivity index (χ1n) is 9.40. The summed E-state index contributed by atoms with van der Waals surface area (Å²) in [5.41, 5.74) is 1.75. The van der Waals surface area contributed by atoms with Crippen LogP contribution in [0.4, 0.5) is 5.82 Å². The molecule has 2 unspecified atom stereocenters. The summed E-state index contributed by atoms with van der Waals surface area (Å²) in [6.07, 6.45) is 5.11. The van der Waals surface area contributed by atoms with Gasteiger partial charge in [0, 0.05) is 6.54 Å². The average Bonchev–Trinajstić information content (AvgIpc) is 2.99. The first-order valence-corrected chi connectivity index (χ1v) is 9.40. The Bertz CT molecular complexity index is 773. The number of hydrogen-bond donors (Lipinski definition) is 2. The van der Waals surface area contributed by atoms with E-state index >= 15 is 0 Å². The number of carbonyl (C=O) groups excluding carboxylic acids is 1. The zero-order chi connectivity index (χ0) is 19.1. The fourth-order valence-corrected chi connectivity index (χ4v) is 3.36. The van der Waals surface area contributed by atoms with E-state index in [1.54, 1.807) is 12.7 Å². The van der Waals surface area contributed by atoms with Gasteiger partial charge < -0.3 is 19.7 Å². The van der Waals surface area contributed by atoms with Gasteiger partial charge in [-0.05, 0) is 25.3 Å². The molecular weight excluding hydrogens is 344 g/mol. The minimum absolute atomic E-state index is 0.169. The van der Waals surface area contributed by atoms with Gasteiger partial charge >= 0.3 is 5.97 Å². The highest BCUT2D eigenvalue weighted by Gasteiger charge is 2.22. The number of benzene rings is 1. The molecule has 144 valence electrons. The summed E-state index contributed by atoms with van der Waals surface area (Å²) in [6.45, 7) is 3.26. The van der Waals surface area contributed by atoms with E-state index in [1.807, 2.05) is 41.8 Å². The molecule has 7 nitrogen and oxygen atoms in total. The van der Waals surface area contributed by atoms with E-state index in [1.165, 1.54) is 0 Å². The molecule has 0 saturated carbocycles. The van der Waals surface area contributed by atoms with Crippen LogP contribution in [0, 0.1) is 0 Å². The number of anilines is 1. The number of aliphatic hydroxyl groups is 1. The number of aliphatic hydroxyl groups excluding tert-OH is 1. The van der Waals surface area contributed by atoms with Crippen molar-refractivity contribution >= 4 is 18.1 Å². The van der Waals surface area contributed by atoms with Gasteiger partial charge in [-0.1, -0.05) is 36.8 Å². The Hall–Kier alpha value is -2.67. The molecule has 0 aliphatic carbocycles. The van der Waals surface area contributed by atoms with Crippen molar-refractivity contribution in [2.75, 3.05) is 18.5 Å². The predicted molar refractivity (Wildman–Crippen MR) is 104 cm³/mol. The molecule has 2 aromatic rings. The molecule has 2 atom stereocenters. The highest BCUT2D eigenvalue weighted by molar-refractivity contribution is 5.78. The summed E-state index contributed by atoms with van der Waals surface area (Å²) in [4.78, 5) is 20.7. The number of ether oxygens (including phenoxy) is 1. The van der Waals surface area contributed by atoms with Crippen LogP contribution in [-0.2, 0) is 16.1 Å². The number of rotatable bonds is 8. The molecule has 0 bridgehead atoms. The quantitative estimate of drug-likeness (QED) is 0.551. The molecule has 0 amide bonds. The predicted octanol–water partition coefficient (Wildman–Crippen LogP) is 2.89. The van der Waals surface area contributed by atoms with Crippen LogP contribution in [0.2, 0.25) is 0 Å². The van der Waals surface area contributed by atoms with Gasteiger partial charge in [0.15, 0.2) is 5.82 Å². The largest absolute Gasteiger partial charge is 0.466 e. The number of aromatic nitrogens is 2. The third-order valence-electron chi connectivity index (χ3n) is 4.68. The van der Waals surface area contributed by atoms with Crippen molar-refractivity contribution in [1.29, 1.82) is 0 Å². The van der Waals surface area contributed by atoms with Crippen molar-refractivity contribution in [3.05, 3.63) is 47.9 Å². The Labute approximate surface area is 159 Å². The highest BCUT2D eigenvalue weighted by atomic mass is 16.5. The highest BCUT2D eigenvalue weighted by Crippen LogP contribution is 2.26. The van der Waals surface area contributed by atoms with Gasteiger partial charge in [-0.2, -0.15) is 0 Å². The van der Waals surface area contributed by atoms with Crippen LogP contribution in [0.15, 0.2) is 41.7 Å². The van der Waals surface area contributed by atoms with Crippen LogP contribution < -0.4 is 5.32 Å². The van der Waals surface area contributed by atoms with E-state index in [0.29, 0.717) is 19.0 Å². The van der Waals surface area contributed by atoms with Crippen LogP contribution >= 0.6 is 0 Å². The summed E-state index contributed by atoms with van der Waals surface area (Å²) in [5.74, 6) is 0.237. The molecule has 0 saturated heterocycles. The zero-order valence-electron chi connectivity index (χ0n) is 15.5. The molecule has 1 aliphatic heterocycles. The van der Waals surface area contributed by atoms with Crippen LogP contribution in [-0.4, -0.2) is 40.1 Å². The number of esters is 1. The van der Waals surface area contributed by atoms with Crippen LogP contribution in [0.5, 0.6) is 0 Å². The number of imidazole rings is 1. The molecule has 1 aliphatic rings. The third-order valence-corrected chi connectivity index (χ3v) is 4.68. The van der Waals surface area contributed by atoms with E-state index in [9.17, 15) is 9.90 Å². The molecule has 7 heteroatoms. The molecule has 0 radical (unpaired) electrons. The van der Waals surface area contributed by atoms with Crippen LogP contribution in [0.1, 0.15) is 49.5 Å². The Balaban J connectivity index is 1.58. The Morgan fingerprint density at radius 3 is 2.96 bits per heavy atom. The number of unbranched alkanes of at least 4 members (excludes halogenated alkanes) is 1. The van der Waals surface area contributed by atoms with Gasteiger partial charge in [-0.15, -0.1) is 0 Å². The lowest BCUT2D eigenvalue weighted by Crippen LogP contribution is -2.16. The maximum Gasteiger partial charge on any atom is 0.313 e. The van der Waals surface area contributed by atoms with Gasteiger partial charge in [-0.25, -0.2) is 4.98 Å². The smallest absolute Gasteiger partial charge is 0.313 e. The standard InChI is InChI=1S/C20H26N4O3/c1-2-27-20(26)16(15-8-4-3-5-9-15)10-6-7-11-24-14-23-19-18(24)17(25)12-21-13-22-19/h3-5,8-9,13-14,16-17,25H,2,6-7,10-12H2,1H3,(H,21,22). The second-order valence-corrected chi connectivity index (χ2v) is 6.54. The summed E-state index contributed by atoms with van der Waals surface area (Å²) in [6, 6.07) is 9.77. The maximum absolute atomic E-state index is 12.3. The lowest BCUT2D eigenvalue weighted by Gasteiger charge is -2.16. The van der Waals surface area contributed by atoms with Crippen molar-refractivity contribution < 1.29 is 14.6 Å². The van der Waals surface area contributed by atoms with Crippen molar-refractivity contribution in [3.63, 3.8) is 0 Å². The molecule has 3 rings (SSSR count). The minimum atomic E-state index is -0.662. The Kier molecular flexibility index (Phi) is 6.59. The number of hydrogen-bond acceptors (Lipinski definition) is 6. The first kappa shape index (κ1) is 19.1. The maximum atomic E-state index is 12.3. The van der Waals surface area contributed by atoms with Crippen molar-refractivity contribution in [2.24, 2.45) is 4.99 Å². The number of fused-ring (bicyclic) bond motifs is 1.